The van der Waals surface area contributed by atoms with Gasteiger partial charge in [-0.05, 0) is 32.2 Å². The van der Waals surface area contributed by atoms with Crippen LogP contribution in [0.1, 0.15) is 39.5 Å². The lowest BCUT2D eigenvalue weighted by Gasteiger charge is -2.11. The Kier molecular flexibility index (Phi) is 3.20. The van der Waals surface area contributed by atoms with Crippen LogP contribution in [0, 0.1) is 5.92 Å². The van der Waals surface area contributed by atoms with Crippen LogP contribution in [0.4, 0.5) is 0 Å². The first kappa shape index (κ1) is 8.06. The molecule has 0 aromatic carbocycles. The highest BCUT2D eigenvalue weighted by atomic mass is 14.9. The van der Waals surface area contributed by atoms with Gasteiger partial charge in [0.25, 0.3) is 0 Å². The Balaban J connectivity index is 2.26. The molecule has 0 aromatic rings. The molecule has 1 saturated heterocycles. The largest absolute Gasteiger partial charge is 0.314 e. The normalized spacial score (nSPS) is 35.4. The van der Waals surface area contributed by atoms with E-state index in [1.165, 1.54) is 32.2 Å². The predicted octanol–water partition coefficient (Wildman–Crippen LogP) is 2.17. The van der Waals surface area contributed by atoms with Crippen LogP contribution in [-0.2, 0) is 0 Å². The maximum absolute atomic E-state index is 3.55. The van der Waals surface area contributed by atoms with Gasteiger partial charge in [-0.3, -0.25) is 0 Å². The lowest BCUT2D eigenvalue weighted by molar-refractivity contribution is 0.455. The van der Waals surface area contributed by atoms with Gasteiger partial charge >= 0.3 is 0 Å². The second-order valence-corrected chi connectivity index (χ2v) is 3.51. The van der Waals surface area contributed by atoms with Crippen LogP contribution in [0.25, 0.3) is 0 Å². The lowest BCUT2D eigenvalue weighted by atomic mass is 10.0. The molecule has 1 N–H and O–H groups in total. The monoisotopic (exact) mass is 141 g/mol. The number of hydrogen-bond donors (Lipinski definition) is 1. The zero-order valence-electron chi connectivity index (χ0n) is 7.19. The quantitative estimate of drug-likeness (QED) is 0.590. The summed E-state index contributed by atoms with van der Waals surface area (Å²) >= 11 is 0. The van der Waals surface area contributed by atoms with Crippen molar-refractivity contribution in [3.63, 3.8) is 0 Å². The van der Waals surface area contributed by atoms with E-state index in [1.807, 2.05) is 0 Å². The van der Waals surface area contributed by atoms with Crippen molar-refractivity contribution in [3.8, 4) is 0 Å². The Morgan fingerprint density at radius 1 is 1.40 bits per heavy atom. The van der Waals surface area contributed by atoms with Crippen LogP contribution >= 0.6 is 0 Å². The molecule has 1 nitrogen and oxygen atoms in total. The molecule has 1 heteroatoms. The molecule has 10 heavy (non-hydrogen) atoms. The van der Waals surface area contributed by atoms with Crippen molar-refractivity contribution >= 4 is 0 Å². The van der Waals surface area contributed by atoms with Crippen LogP contribution in [0.2, 0.25) is 0 Å². The summed E-state index contributed by atoms with van der Waals surface area (Å²) in [6.45, 7) is 5.83. The van der Waals surface area contributed by atoms with Gasteiger partial charge in [0.15, 0.2) is 0 Å². The van der Waals surface area contributed by atoms with Crippen LogP contribution < -0.4 is 5.32 Å². The minimum Gasteiger partial charge on any atom is -0.314 e. The Morgan fingerprint density at radius 2 is 2.20 bits per heavy atom. The van der Waals surface area contributed by atoms with Crippen LogP contribution in [0.5, 0.6) is 0 Å². The van der Waals surface area contributed by atoms with Gasteiger partial charge in [-0.2, -0.15) is 0 Å². The minimum absolute atomic E-state index is 0.761. The highest BCUT2D eigenvalue weighted by Gasteiger charge is 2.12. The van der Waals surface area contributed by atoms with Gasteiger partial charge in [0.1, 0.15) is 0 Å². The molecule has 0 aliphatic carbocycles. The van der Waals surface area contributed by atoms with Crippen LogP contribution in [-0.4, -0.2) is 12.6 Å². The van der Waals surface area contributed by atoms with Gasteiger partial charge in [0.05, 0.1) is 0 Å². The van der Waals surface area contributed by atoms with Gasteiger partial charge in [0, 0.05) is 6.04 Å². The molecule has 0 bridgehead atoms. The van der Waals surface area contributed by atoms with E-state index in [1.54, 1.807) is 0 Å². The van der Waals surface area contributed by atoms with E-state index in [0.29, 0.717) is 0 Å². The minimum atomic E-state index is 0.761. The van der Waals surface area contributed by atoms with Gasteiger partial charge in [-0.1, -0.05) is 19.8 Å². The second kappa shape index (κ2) is 3.97. The van der Waals surface area contributed by atoms with E-state index in [0.717, 1.165) is 12.0 Å². The molecule has 1 aliphatic heterocycles. The first-order valence-corrected chi connectivity index (χ1v) is 4.56. The molecule has 0 amide bonds. The van der Waals surface area contributed by atoms with Gasteiger partial charge in [0.2, 0.25) is 0 Å². The van der Waals surface area contributed by atoms with E-state index in [4.69, 9.17) is 0 Å². The number of hydrogen-bond acceptors (Lipinski definition) is 1. The number of rotatable bonds is 1. The maximum Gasteiger partial charge on any atom is 0.00388 e. The molecule has 2 unspecified atom stereocenters. The van der Waals surface area contributed by atoms with Crippen molar-refractivity contribution in [2.45, 2.75) is 45.6 Å². The zero-order valence-corrected chi connectivity index (χ0v) is 7.19. The average molecular weight is 141 g/mol. The Bertz CT molecular complexity index is 90.7. The summed E-state index contributed by atoms with van der Waals surface area (Å²) < 4.78 is 0. The summed E-state index contributed by atoms with van der Waals surface area (Å²) in [7, 11) is 0. The Labute approximate surface area is 64.2 Å². The first-order valence-electron chi connectivity index (χ1n) is 4.56. The highest BCUT2D eigenvalue weighted by Crippen LogP contribution is 2.16. The fourth-order valence-corrected chi connectivity index (χ4v) is 1.63. The molecule has 0 radical (unpaired) electrons. The second-order valence-electron chi connectivity index (χ2n) is 3.51. The zero-order chi connectivity index (χ0) is 7.40. The van der Waals surface area contributed by atoms with Crippen LogP contribution in [0.15, 0.2) is 0 Å². The summed E-state index contributed by atoms with van der Waals surface area (Å²) in [5.41, 5.74) is 0. The molecular weight excluding hydrogens is 122 g/mol. The Hall–Kier alpha value is -0.0400. The standard InChI is InChI=1S/C9H19N/c1-3-9-6-4-5-8(2)10-7-9/h8-10H,3-7H2,1-2H3. The Morgan fingerprint density at radius 3 is 2.90 bits per heavy atom. The first-order chi connectivity index (χ1) is 4.83. The van der Waals surface area contributed by atoms with Crippen LogP contribution in [0.3, 0.4) is 0 Å². The summed E-state index contributed by atoms with van der Waals surface area (Å²) in [4.78, 5) is 0. The average Bonchev–Trinajstić information content (AvgIpc) is 2.14. The van der Waals surface area contributed by atoms with Crippen molar-refractivity contribution in [2.24, 2.45) is 5.92 Å². The smallest absolute Gasteiger partial charge is 0.00388 e. The van der Waals surface area contributed by atoms with Gasteiger partial charge < -0.3 is 5.32 Å². The third-order valence-corrected chi connectivity index (χ3v) is 2.58. The van der Waals surface area contributed by atoms with Crippen molar-refractivity contribution in [2.75, 3.05) is 6.54 Å². The SMILES string of the molecule is CCC1CCCC(C)NC1. The molecule has 0 aromatic heterocycles. The summed E-state index contributed by atoms with van der Waals surface area (Å²) in [5.74, 6) is 0.949. The third kappa shape index (κ3) is 2.30. The van der Waals surface area contributed by atoms with Crippen molar-refractivity contribution in [1.29, 1.82) is 0 Å². The topological polar surface area (TPSA) is 12.0 Å². The van der Waals surface area contributed by atoms with Crippen molar-refractivity contribution in [3.05, 3.63) is 0 Å². The summed E-state index contributed by atoms with van der Waals surface area (Å²) in [6, 6.07) is 0.761. The van der Waals surface area contributed by atoms with Crippen molar-refractivity contribution in [1.82, 2.24) is 5.32 Å². The molecule has 0 saturated carbocycles. The van der Waals surface area contributed by atoms with Crippen molar-refractivity contribution < 1.29 is 0 Å². The van der Waals surface area contributed by atoms with E-state index in [9.17, 15) is 0 Å². The fourth-order valence-electron chi connectivity index (χ4n) is 1.63. The molecule has 1 fully saturated rings. The fraction of sp³-hybridized carbons (Fsp3) is 1.00. The number of nitrogens with one attached hydrogen (secondary N) is 1. The molecule has 1 rings (SSSR count). The molecule has 1 heterocycles. The van der Waals surface area contributed by atoms with Gasteiger partial charge in [-0.15, -0.1) is 0 Å². The highest BCUT2D eigenvalue weighted by molar-refractivity contribution is 4.71. The predicted molar refractivity (Wildman–Crippen MR) is 45.1 cm³/mol. The molecule has 0 spiro atoms. The van der Waals surface area contributed by atoms with E-state index < -0.39 is 0 Å². The van der Waals surface area contributed by atoms with Gasteiger partial charge in [-0.25, -0.2) is 0 Å². The molecule has 1 aliphatic rings. The third-order valence-electron chi connectivity index (χ3n) is 2.58. The van der Waals surface area contributed by atoms with E-state index in [2.05, 4.69) is 19.2 Å². The summed E-state index contributed by atoms with van der Waals surface area (Å²) in [5, 5.41) is 3.55. The lowest BCUT2D eigenvalue weighted by Crippen LogP contribution is -2.27. The molecule has 2 atom stereocenters. The van der Waals surface area contributed by atoms with E-state index >= 15 is 0 Å². The molecular formula is C9H19N. The molecule has 60 valence electrons. The van der Waals surface area contributed by atoms with E-state index in [-0.39, 0.29) is 0 Å². The maximum atomic E-state index is 3.55. The summed E-state index contributed by atoms with van der Waals surface area (Å²) in [6.07, 6.45) is 5.58.